The lowest BCUT2D eigenvalue weighted by Gasteiger charge is -2.16. The predicted molar refractivity (Wildman–Crippen MR) is 149 cm³/mol. The molecule has 2 heterocycles. The summed E-state index contributed by atoms with van der Waals surface area (Å²) in [5, 5.41) is 12.7. The van der Waals surface area contributed by atoms with E-state index < -0.39 is 17.9 Å². The van der Waals surface area contributed by atoms with Crippen LogP contribution >= 0.6 is 0 Å². The quantitative estimate of drug-likeness (QED) is 0.223. The van der Waals surface area contributed by atoms with Crippen molar-refractivity contribution in [3.8, 4) is 22.7 Å². The summed E-state index contributed by atoms with van der Waals surface area (Å²) in [6.45, 7) is 5.95. The molecule has 10 heteroatoms. The third-order valence-corrected chi connectivity index (χ3v) is 6.44. The number of esters is 1. The Morgan fingerprint density at radius 3 is 2.40 bits per heavy atom. The highest BCUT2D eigenvalue weighted by molar-refractivity contribution is 5.96. The van der Waals surface area contributed by atoms with Gasteiger partial charge in [-0.1, -0.05) is 56.3 Å². The number of nitrogens with one attached hydrogen (secondary N) is 3. The van der Waals surface area contributed by atoms with Gasteiger partial charge in [0, 0.05) is 23.6 Å². The highest BCUT2D eigenvalue weighted by atomic mass is 16.5. The van der Waals surface area contributed by atoms with Crippen molar-refractivity contribution in [2.45, 2.75) is 52.1 Å². The van der Waals surface area contributed by atoms with Crippen LogP contribution in [0, 0.1) is 0 Å². The first-order chi connectivity index (χ1) is 19.4. The molecule has 0 aliphatic rings. The molecule has 0 aliphatic carbocycles. The SMILES string of the molecule is CCOC(=O)[C@H](Cc1ccccc1)NC(=O)c1cc(-c2cccc(-c3ncc(C(=O)NC(CC)CC)o3)c2)[nH]n1. The van der Waals surface area contributed by atoms with Crippen molar-refractivity contribution in [2.24, 2.45) is 0 Å². The summed E-state index contributed by atoms with van der Waals surface area (Å²) in [4.78, 5) is 42.3. The van der Waals surface area contributed by atoms with Crippen LogP contribution in [0.4, 0.5) is 0 Å². The van der Waals surface area contributed by atoms with E-state index in [2.05, 4.69) is 25.8 Å². The molecule has 0 bridgehead atoms. The molecule has 2 aromatic carbocycles. The Bertz CT molecular complexity index is 1440. The molecule has 0 unspecified atom stereocenters. The molecule has 2 aromatic heterocycles. The van der Waals surface area contributed by atoms with Crippen molar-refractivity contribution in [1.29, 1.82) is 0 Å². The van der Waals surface area contributed by atoms with E-state index in [0.717, 1.165) is 24.0 Å². The topological polar surface area (TPSA) is 139 Å². The average molecular weight is 544 g/mol. The van der Waals surface area contributed by atoms with Crippen LogP contribution in [0.25, 0.3) is 22.7 Å². The number of nitrogens with zero attached hydrogens (tertiary/aromatic N) is 2. The fourth-order valence-corrected chi connectivity index (χ4v) is 4.19. The smallest absolute Gasteiger partial charge is 0.328 e. The third kappa shape index (κ3) is 7.02. The van der Waals surface area contributed by atoms with Gasteiger partial charge in [0.05, 0.1) is 18.5 Å². The zero-order valence-corrected chi connectivity index (χ0v) is 22.8. The van der Waals surface area contributed by atoms with Crippen LogP contribution in [-0.4, -0.2) is 51.7 Å². The van der Waals surface area contributed by atoms with E-state index in [-0.39, 0.29) is 30.0 Å². The second-order valence-electron chi connectivity index (χ2n) is 9.23. The Hall–Kier alpha value is -4.73. The Morgan fingerprint density at radius 2 is 1.68 bits per heavy atom. The number of hydrogen-bond acceptors (Lipinski definition) is 7. The molecule has 40 heavy (non-hydrogen) atoms. The van der Waals surface area contributed by atoms with Crippen LogP contribution in [0.15, 0.2) is 71.3 Å². The molecule has 0 aliphatic heterocycles. The van der Waals surface area contributed by atoms with Gasteiger partial charge in [0.15, 0.2) is 5.69 Å². The summed E-state index contributed by atoms with van der Waals surface area (Å²) in [5.41, 5.74) is 2.99. The summed E-state index contributed by atoms with van der Waals surface area (Å²) in [7, 11) is 0. The standard InChI is InChI=1S/C30H33N5O5/c1-4-22(5-2)32-28(37)26-18-31-29(40-26)21-14-10-13-20(16-21)23-17-24(35-34-23)27(36)33-25(30(38)39-6-3)15-19-11-8-7-9-12-19/h7-14,16-18,22,25H,4-6,15H2,1-3H3,(H,32,37)(H,33,36)(H,34,35)/t25-/m0/s1. The number of aromatic amines is 1. The minimum Gasteiger partial charge on any atom is -0.464 e. The Balaban J connectivity index is 1.47. The van der Waals surface area contributed by atoms with E-state index in [4.69, 9.17) is 9.15 Å². The Kier molecular flexibility index (Phi) is 9.45. The molecule has 4 rings (SSSR count). The average Bonchev–Trinajstić information content (AvgIpc) is 3.67. The van der Waals surface area contributed by atoms with Crippen LogP contribution in [0.5, 0.6) is 0 Å². The van der Waals surface area contributed by atoms with Crippen LogP contribution < -0.4 is 10.6 Å². The molecule has 0 saturated carbocycles. The van der Waals surface area contributed by atoms with Gasteiger partial charge in [-0.2, -0.15) is 5.10 Å². The molecule has 0 spiro atoms. The highest BCUT2D eigenvalue weighted by Crippen LogP contribution is 2.26. The molecule has 0 radical (unpaired) electrons. The largest absolute Gasteiger partial charge is 0.464 e. The lowest BCUT2D eigenvalue weighted by molar-refractivity contribution is -0.145. The monoisotopic (exact) mass is 543 g/mol. The normalized spacial score (nSPS) is 11.7. The number of aromatic nitrogens is 3. The number of carbonyl (C=O) groups excluding carboxylic acids is 3. The van der Waals surface area contributed by atoms with Crippen molar-refractivity contribution in [3.63, 3.8) is 0 Å². The van der Waals surface area contributed by atoms with Gasteiger partial charge in [0.2, 0.25) is 11.7 Å². The first-order valence-corrected chi connectivity index (χ1v) is 13.4. The second kappa shape index (κ2) is 13.4. The van der Waals surface area contributed by atoms with Crippen molar-refractivity contribution >= 4 is 17.8 Å². The number of hydrogen-bond donors (Lipinski definition) is 3. The number of H-pyrrole nitrogens is 1. The molecule has 3 N–H and O–H groups in total. The van der Waals surface area contributed by atoms with Gasteiger partial charge in [0.1, 0.15) is 6.04 Å². The zero-order chi connectivity index (χ0) is 28.5. The minimum absolute atomic E-state index is 0.0714. The molecule has 2 amide bonds. The lowest BCUT2D eigenvalue weighted by Crippen LogP contribution is -2.43. The number of ether oxygens (including phenoxy) is 1. The molecule has 4 aromatic rings. The zero-order valence-electron chi connectivity index (χ0n) is 22.8. The number of rotatable bonds is 12. The highest BCUT2D eigenvalue weighted by Gasteiger charge is 2.24. The van der Waals surface area contributed by atoms with E-state index in [9.17, 15) is 14.4 Å². The third-order valence-electron chi connectivity index (χ3n) is 6.44. The predicted octanol–water partition coefficient (Wildman–Crippen LogP) is 4.55. The van der Waals surface area contributed by atoms with Crippen molar-refractivity contribution in [3.05, 3.63) is 83.9 Å². The summed E-state index contributed by atoms with van der Waals surface area (Å²) in [6.07, 6.45) is 3.35. The van der Waals surface area contributed by atoms with Crippen molar-refractivity contribution in [1.82, 2.24) is 25.8 Å². The van der Waals surface area contributed by atoms with Gasteiger partial charge in [-0.05, 0) is 43.5 Å². The summed E-state index contributed by atoms with van der Waals surface area (Å²) in [5.74, 6) is -0.886. The number of benzene rings is 2. The van der Waals surface area contributed by atoms with Gasteiger partial charge in [-0.3, -0.25) is 14.7 Å². The Labute approximate surface area is 232 Å². The van der Waals surface area contributed by atoms with E-state index in [1.165, 1.54) is 6.20 Å². The molecular weight excluding hydrogens is 510 g/mol. The van der Waals surface area contributed by atoms with Crippen LogP contribution in [0.2, 0.25) is 0 Å². The first-order valence-electron chi connectivity index (χ1n) is 13.4. The lowest BCUT2D eigenvalue weighted by atomic mass is 10.1. The minimum atomic E-state index is -0.861. The van der Waals surface area contributed by atoms with Crippen molar-refractivity contribution < 1.29 is 23.5 Å². The molecule has 0 fully saturated rings. The summed E-state index contributed by atoms with van der Waals surface area (Å²) < 4.78 is 10.9. The van der Waals surface area contributed by atoms with Gasteiger partial charge < -0.3 is 19.8 Å². The van der Waals surface area contributed by atoms with Crippen LogP contribution in [0.3, 0.4) is 0 Å². The maximum Gasteiger partial charge on any atom is 0.328 e. The van der Waals surface area contributed by atoms with Crippen LogP contribution in [0.1, 0.15) is 60.2 Å². The van der Waals surface area contributed by atoms with E-state index in [0.29, 0.717) is 23.6 Å². The van der Waals surface area contributed by atoms with Crippen LogP contribution in [-0.2, 0) is 16.0 Å². The van der Waals surface area contributed by atoms with E-state index in [1.807, 2.05) is 68.4 Å². The van der Waals surface area contributed by atoms with Crippen molar-refractivity contribution in [2.75, 3.05) is 6.61 Å². The molecule has 10 nitrogen and oxygen atoms in total. The van der Waals surface area contributed by atoms with Gasteiger partial charge in [-0.15, -0.1) is 0 Å². The molecular formula is C30H33N5O5. The van der Waals surface area contributed by atoms with Gasteiger partial charge in [0.25, 0.3) is 11.8 Å². The summed E-state index contributed by atoms with van der Waals surface area (Å²) >= 11 is 0. The van der Waals surface area contributed by atoms with Gasteiger partial charge in [-0.25, -0.2) is 9.78 Å². The molecule has 208 valence electrons. The van der Waals surface area contributed by atoms with E-state index >= 15 is 0 Å². The fourth-order valence-electron chi connectivity index (χ4n) is 4.19. The molecule has 0 saturated heterocycles. The van der Waals surface area contributed by atoms with E-state index in [1.54, 1.807) is 13.0 Å². The summed E-state index contributed by atoms with van der Waals surface area (Å²) in [6, 6.07) is 17.5. The first kappa shape index (κ1) is 28.3. The number of oxazole rings is 1. The fraction of sp³-hybridized carbons (Fsp3) is 0.300. The Morgan fingerprint density at radius 1 is 0.925 bits per heavy atom. The second-order valence-corrected chi connectivity index (χ2v) is 9.23. The number of amides is 2. The molecule has 1 atom stereocenters. The maximum atomic E-state index is 13.0. The maximum absolute atomic E-state index is 13.0. The number of carbonyl (C=O) groups is 3. The van der Waals surface area contributed by atoms with Gasteiger partial charge >= 0.3 is 5.97 Å².